The van der Waals surface area contributed by atoms with E-state index < -0.39 is 6.04 Å². The predicted molar refractivity (Wildman–Crippen MR) is 145 cm³/mol. The number of hydrogen-bond donors (Lipinski definition) is 3. The lowest BCUT2D eigenvalue weighted by Crippen LogP contribution is -2.49. The first-order valence-electron chi connectivity index (χ1n) is 13.7. The van der Waals surface area contributed by atoms with Crippen LogP contribution in [0.15, 0.2) is 54.6 Å². The highest BCUT2D eigenvalue weighted by atomic mass is 16.5. The predicted octanol–water partition coefficient (Wildman–Crippen LogP) is 3.59. The number of unbranched alkanes of at least 4 members (excludes halogenated alkanes) is 2. The second kappa shape index (κ2) is 12.3. The lowest BCUT2D eigenvalue weighted by Gasteiger charge is -2.34. The van der Waals surface area contributed by atoms with E-state index >= 15 is 0 Å². The molecule has 8 nitrogen and oxygen atoms in total. The first-order chi connectivity index (χ1) is 18.6. The summed E-state index contributed by atoms with van der Waals surface area (Å²) in [7, 11) is 0. The Bertz CT molecular complexity index is 1270. The summed E-state index contributed by atoms with van der Waals surface area (Å²) in [5, 5.41) is 7.28. The number of carbonyl (C=O) groups is 3. The number of ether oxygens (including phenoxy) is 1. The van der Waals surface area contributed by atoms with Gasteiger partial charge in [-0.05, 0) is 49.4 Å². The first kappa shape index (κ1) is 26.0. The molecule has 0 spiro atoms. The molecule has 3 aromatic rings. The van der Waals surface area contributed by atoms with Gasteiger partial charge in [0.1, 0.15) is 12.6 Å². The third-order valence-corrected chi connectivity index (χ3v) is 7.56. The van der Waals surface area contributed by atoms with E-state index in [0.717, 1.165) is 60.0 Å². The molecule has 2 amide bonds. The van der Waals surface area contributed by atoms with Gasteiger partial charge in [-0.25, -0.2) is 4.79 Å². The van der Waals surface area contributed by atoms with E-state index in [1.54, 1.807) is 4.90 Å². The zero-order valence-corrected chi connectivity index (χ0v) is 21.7. The van der Waals surface area contributed by atoms with E-state index in [4.69, 9.17) is 4.74 Å². The highest BCUT2D eigenvalue weighted by Gasteiger charge is 2.37. The molecule has 0 aliphatic carbocycles. The number of esters is 1. The number of H-pyrrole nitrogens is 1. The van der Waals surface area contributed by atoms with Crippen molar-refractivity contribution in [2.45, 2.75) is 70.2 Å². The fourth-order valence-corrected chi connectivity index (χ4v) is 5.47. The summed E-state index contributed by atoms with van der Waals surface area (Å²) >= 11 is 0. The van der Waals surface area contributed by atoms with Gasteiger partial charge < -0.3 is 25.3 Å². The Morgan fingerprint density at radius 1 is 1.00 bits per heavy atom. The van der Waals surface area contributed by atoms with Crippen LogP contribution in [-0.4, -0.2) is 52.8 Å². The van der Waals surface area contributed by atoms with Gasteiger partial charge in [0, 0.05) is 36.0 Å². The Labute approximate surface area is 223 Å². The Kier molecular flexibility index (Phi) is 8.38. The molecule has 0 unspecified atom stereocenters. The van der Waals surface area contributed by atoms with Crippen molar-refractivity contribution in [2.75, 3.05) is 13.1 Å². The van der Waals surface area contributed by atoms with Gasteiger partial charge >= 0.3 is 5.97 Å². The van der Waals surface area contributed by atoms with Crippen LogP contribution in [0.25, 0.3) is 10.9 Å². The Hall–Kier alpha value is -3.65. The number of carbonyl (C=O) groups excluding carboxylic acids is 3. The number of fused-ring (bicyclic) bond motifs is 3. The standard InChI is InChI=1S/C30H36N4O4/c35-28(15-5-2-8-16-32-29(36)25-14-9-17-31-25)34-19-26-23(22-12-6-7-13-24(22)33-26)18-27(34)30(37)38-20-21-10-3-1-4-11-21/h1,3-4,6-7,10-13,25,27,31,33H,2,5,8-9,14-20H2,(H,32,36)/t25-,27-/m0/s1. The first-order valence-corrected chi connectivity index (χ1v) is 13.7. The molecule has 2 aliphatic heterocycles. The maximum Gasteiger partial charge on any atom is 0.329 e. The summed E-state index contributed by atoms with van der Waals surface area (Å²) in [4.78, 5) is 43.9. The van der Waals surface area contributed by atoms with Crippen molar-refractivity contribution in [3.8, 4) is 0 Å². The van der Waals surface area contributed by atoms with Crippen LogP contribution in [-0.2, 0) is 38.7 Å². The number of benzene rings is 2. The molecule has 38 heavy (non-hydrogen) atoms. The number of nitrogens with one attached hydrogen (secondary N) is 3. The lowest BCUT2D eigenvalue weighted by atomic mass is 9.96. The van der Waals surface area contributed by atoms with E-state index in [-0.39, 0.29) is 30.4 Å². The molecule has 2 aliphatic rings. The van der Waals surface area contributed by atoms with E-state index in [1.165, 1.54) is 0 Å². The van der Waals surface area contributed by atoms with Crippen LogP contribution in [0, 0.1) is 0 Å². The smallest absolute Gasteiger partial charge is 0.329 e. The molecule has 2 atom stereocenters. The zero-order chi connectivity index (χ0) is 26.3. The third-order valence-electron chi connectivity index (χ3n) is 7.56. The number of para-hydroxylation sites is 1. The summed E-state index contributed by atoms with van der Waals surface area (Å²) in [6.45, 7) is 2.05. The summed E-state index contributed by atoms with van der Waals surface area (Å²) in [5.41, 5.74) is 3.99. The van der Waals surface area contributed by atoms with Crippen molar-refractivity contribution < 1.29 is 19.1 Å². The molecule has 1 saturated heterocycles. The van der Waals surface area contributed by atoms with Crippen molar-refractivity contribution in [1.82, 2.24) is 20.5 Å². The number of hydrogen-bond acceptors (Lipinski definition) is 5. The second-order valence-corrected chi connectivity index (χ2v) is 10.2. The molecular formula is C30H36N4O4. The van der Waals surface area contributed by atoms with Crippen molar-refractivity contribution >= 4 is 28.7 Å². The zero-order valence-electron chi connectivity index (χ0n) is 21.7. The average molecular weight is 517 g/mol. The van der Waals surface area contributed by atoms with Crippen LogP contribution in [0.1, 0.15) is 55.3 Å². The van der Waals surface area contributed by atoms with Crippen molar-refractivity contribution in [3.05, 3.63) is 71.4 Å². The molecule has 1 fully saturated rings. The Balaban J connectivity index is 1.18. The van der Waals surface area contributed by atoms with Crippen LogP contribution in [0.4, 0.5) is 0 Å². The summed E-state index contributed by atoms with van der Waals surface area (Å²) < 4.78 is 5.69. The van der Waals surface area contributed by atoms with Gasteiger partial charge in [0.15, 0.2) is 0 Å². The number of aromatic amines is 1. The van der Waals surface area contributed by atoms with Gasteiger partial charge in [-0.1, -0.05) is 55.0 Å². The lowest BCUT2D eigenvalue weighted by molar-refractivity contribution is -0.157. The fraction of sp³-hybridized carbons (Fsp3) is 0.433. The molecule has 2 aromatic carbocycles. The van der Waals surface area contributed by atoms with Gasteiger partial charge in [-0.2, -0.15) is 0 Å². The quantitative estimate of drug-likeness (QED) is 0.282. The molecule has 8 heteroatoms. The van der Waals surface area contributed by atoms with Crippen molar-refractivity contribution in [3.63, 3.8) is 0 Å². The summed E-state index contributed by atoms with van der Waals surface area (Å²) in [6.07, 6.45) is 5.08. The van der Waals surface area contributed by atoms with Gasteiger partial charge in [-0.15, -0.1) is 0 Å². The summed E-state index contributed by atoms with van der Waals surface area (Å²) in [5.74, 6) is -0.352. The SMILES string of the molecule is O=C(NCCCCCC(=O)N1Cc2[nH]c3ccccc3c2C[C@H]1C(=O)OCc1ccccc1)[C@@H]1CCCN1. The van der Waals surface area contributed by atoms with E-state index in [2.05, 4.69) is 21.7 Å². The van der Waals surface area contributed by atoms with Gasteiger partial charge in [0.25, 0.3) is 0 Å². The minimum atomic E-state index is -0.656. The fourth-order valence-electron chi connectivity index (χ4n) is 5.47. The molecule has 0 bridgehead atoms. The molecule has 3 N–H and O–H groups in total. The van der Waals surface area contributed by atoms with Gasteiger partial charge in [0.05, 0.1) is 12.6 Å². The molecule has 200 valence electrons. The molecule has 3 heterocycles. The second-order valence-electron chi connectivity index (χ2n) is 10.2. The summed E-state index contributed by atoms with van der Waals surface area (Å²) in [6, 6.07) is 16.9. The highest BCUT2D eigenvalue weighted by Crippen LogP contribution is 2.31. The Morgan fingerprint density at radius 3 is 2.63 bits per heavy atom. The largest absolute Gasteiger partial charge is 0.459 e. The molecule has 1 aromatic heterocycles. The van der Waals surface area contributed by atoms with Gasteiger partial charge in [-0.3, -0.25) is 9.59 Å². The molecular weight excluding hydrogens is 480 g/mol. The highest BCUT2D eigenvalue weighted by molar-refractivity contribution is 5.89. The molecule has 0 radical (unpaired) electrons. The maximum atomic E-state index is 13.4. The maximum absolute atomic E-state index is 13.4. The van der Waals surface area contributed by atoms with Crippen LogP contribution in [0.5, 0.6) is 0 Å². The normalized spacial score (nSPS) is 18.8. The molecule has 5 rings (SSSR count). The van der Waals surface area contributed by atoms with E-state index in [0.29, 0.717) is 32.4 Å². The van der Waals surface area contributed by atoms with Crippen LogP contribution < -0.4 is 10.6 Å². The number of aromatic nitrogens is 1. The van der Waals surface area contributed by atoms with E-state index in [1.807, 2.05) is 48.5 Å². The molecule has 0 saturated carbocycles. The minimum absolute atomic E-state index is 0.0461. The number of rotatable bonds is 10. The number of amides is 2. The van der Waals surface area contributed by atoms with Gasteiger partial charge in [0.2, 0.25) is 11.8 Å². The average Bonchev–Trinajstić information content (AvgIpc) is 3.61. The third kappa shape index (κ3) is 6.07. The van der Waals surface area contributed by atoms with Crippen LogP contribution in [0.2, 0.25) is 0 Å². The van der Waals surface area contributed by atoms with Crippen molar-refractivity contribution in [2.24, 2.45) is 0 Å². The topological polar surface area (TPSA) is 104 Å². The van der Waals surface area contributed by atoms with Crippen LogP contribution in [0.3, 0.4) is 0 Å². The number of nitrogens with zero attached hydrogens (tertiary/aromatic N) is 1. The Morgan fingerprint density at radius 2 is 1.82 bits per heavy atom. The minimum Gasteiger partial charge on any atom is -0.459 e. The van der Waals surface area contributed by atoms with E-state index in [9.17, 15) is 14.4 Å². The monoisotopic (exact) mass is 516 g/mol. The van der Waals surface area contributed by atoms with Crippen molar-refractivity contribution in [1.29, 1.82) is 0 Å². The van der Waals surface area contributed by atoms with Crippen LogP contribution >= 0.6 is 0 Å².